The van der Waals surface area contributed by atoms with Crippen molar-refractivity contribution in [3.05, 3.63) is 54.1 Å². The first-order valence-electron chi connectivity index (χ1n) is 7.41. The predicted molar refractivity (Wildman–Crippen MR) is 94.7 cm³/mol. The third-order valence-corrected chi connectivity index (χ3v) is 4.42. The van der Waals surface area contributed by atoms with Gasteiger partial charge in [-0.1, -0.05) is 30.3 Å². The van der Waals surface area contributed by atoms with Gasteiger partial charge in [0.2, 0.25) is 0 Å². The summed E-state index contributed by atoms with van der Waals surface area (Å²) in [4.78, 5) is 0.0513. The summed E-state index contributed by atoms with van der Waals surface area (Å²) in [6.07, 6.45) is 0. The number of rotatable bonds is 4. The Bertz CT molecular complexity index is 1000. The summed E-state index contributed by atoms with van der Waals surface area (Å²) in [7, 11) is 1.45. The average Bonchev–Trinajstić information content (AvgIpc) is 2.61. The summed E-state index contributed by atoms with van der Waals surface area (Å²) in [6.45, 7) is 1.79. The molecule has 1 atom stereocenters. The van der Waals surface area contributed by atoms with Crippen molar-refractivity contribution >= 4 is 33.2 Å². The van der Waals surface area contributed by atoms with Gasteiger partial charge in [-0.2, -0.15) is 0 Å². The number of hydrogen-bond donors (Lipinski definition) is 1. The van der Waals surface area contributed by atoms with Crippen LogP contribution in [-0.2, 0) is 11.1 Å². The number of aromatic hydroxyl groups is 1. The third-order valence-electron chi connectivity index (χ3n) is 3.73. The Morgan fingerprint density at radius 1 is 1.12 bits per heavy atom. The number of fused-ring (bicyclic) bond motifs is 1. The Morgan fingerprint density at radius 2 is 1.88 bits per heavy atom. The Kier molecular flexibility index (Phi) is 4.78. The van der Waals surface area contributed by atoms with Crippen LogP contribution in [0.25, 0.3) is 10.8 Å². The molecular formula is C18H15N2O4S-. The van der Waals surface area contributed by atoms with Crippen molar-refractivity contribution in [2.75, 3.05) is 7.11 Å². The van der Waals surface area contributed by atoms with Crippen LogP contribution in [0.1, 0.15) is 5.56 Å². The number of ether oxygens (including phenoxy) is 1. The second kappa shape index (κ2) is 7.00. The van der Waals surface area contributed by atoms with Gasteiger partial charge in [-0.05, 0) is 47.2 Å². The molecule has 128 valence electrons. The van der Waals surface area contributed by atoms with Gasteiger partial charge in [-0.25, -0.2) is 0 Å². The van der Waals surface area contributed by atoms with Gasteiger partial charge < -0.3 is 14.4 Å². The Labute approximate surface area is 147 Å². The molecule has 0 aliphatic heterocycles. The number of nitrogens with zero attached hydrogens (tertiary/aromatic N) is 2. The van der Waals surface area contributed by atoms with Gasteiger partial charge in [0.1, 0.15) is 11.4 Å². The van der Waals surface area contributed by atoms with E-state index < -0.39 is 11.1 Å². The topological polar surface area (TPSA) is 94.3 Å². The first-order chi connectivity index (χ1) is 12.0. The fourth-order valence-corrected chi connectivity index (χ4v) is 3.05. The van der Waals surface area contributed by atoms with Crippen molar-refractivity contribution in [2.24, 2.45) is 10.2 Å². The molecular weight excluding hydrogens is 340 g/mol. The number of azo groups is 1. The quantitative estimate of drug-likeness (QED) is 0.550. The second-order valence-corrected chi connectivity index (χ2v) is 6.31. The molecule has 7 heteroatoms. The summed E-state index contributed by atoms with van der Waals surface area (Å²) in [6, 6.07) is 13.9. The van der Waals surface area contributed by atoms with Crippen molar-refractivity contribution < 1.29 is 18.6 Å². The Hall–Kier alpha value is -2.77. The summed E-state index contributed by atoms with van der Waals surface area (Å²) in [5.74, 6) is 0.117. The summed E-state index contributed by atoms with van der Waals surface area (Å²) >= 11 is -2.44. The lowest BCUT2D eigenvalue weighted by Crippen LogP contribution is -1.90. The summed E-state index contributed by atoms with van der Waals surface area (Å²) < 4.78 is 28.0. The molecule has 25 heavy (non-hydrogen) atoms. The van der Waals surface area contributed by atoms with Gasteiger partial charge in [0.25, 0.3) is 0 Å². The van der Waals surface area contributed by atoms with Crippen LogP contribution in [0.2, 0.25) is 0 Å². The van der Waals surface area contributed by atoms with Crippen molar-refractivity contribution in [3.63, 3.8) is 0 Å². The fraction of sp³-hybridized carbons (Fsp3) is 0.111. The van der Waals surface area contributed by atoms with Crippen LogP contribution in [0.15, 0.2) is 63.7 Å². The van der Waals surface area contributed by atoms with E-state index in [9.17, 15) is 13.9 Å². The lowest BCUT2D eigenvalue weighted by atomic mass is 10.1. The molecule has 1 unspecified atom stereocenters. The highest BCUT2D eigenvalue weighted by molar-refractivity contribution is 7.79. The first-order valence-corrected chi connectivity index (χ1v) is 8.49. The van der Waals surface area contributed by atoms with Gasteiger partial charge >= 0.3 is 0 Å². The number of methoxy groups -OCH3 is 1. The maximum atomic E-state index is 11.4. The lowest BCUT2D eigenvalue weighted by Gasteiger charge is -2.10. The zero-order valence-electron chi connectivity index (χ0n) is 13.6. The molecule has 1 N–H and O–H groups in total. The van der Waals surface area contributed by atoms with Crippen LogP contribution in [0.3, 0.4) is 0 Å². The summed E-state index contributed by atoms with van der Waals surface area (Å²) in [5, 5.41) is 20.0. The monoisotopic (exact) mass is 355 g/mol. The molecule has 0 aliphatic carbocycles. The van der Waals surface area contributed by atoms with Crippen molar-refractivity contribution in [2.45, 2.75) is 11.8 Å². The smallest absolute Gasteiger partial charge is 0.186 e. The molecule has 0 heterocycles. The number of benzene rings is 3. The zero-order chi connectivity index (χ0) is 18.0. The van der Waals surface area contributed by atoms with Crippen LogP contribution in [-0.4, -0.2) is 21.0 Å². The third kappa shape index (κ3) is 3.38. The lowest BCUT2D eigenvalue weighted by molar-refractivity contribution is 0.375. The van der Waals surface area contributed by atoms with Gasteiger partial charge in [-0.15, -0.1) is 10.2 Å². The van der Waals surface area contributed by atoms with E-state index in [-0.39, 0.29) is 27.8 Å². The standard InChI is InChI=1S/C18H16N2O4S/c1-11-7-8-14(16(9-11)25(22)23)19-20-17-13-6-4-3-5-12(13)10-15(24-2)18(17)21/h3-10,21H,1-2H3,(H,22,23)/p-1. The molecule has 6 nitrogen and oxygen atoms in total. The van der Waals surface area contributed by atoms with Gasteiger partial charge in [-0.3, -0.25) is 4.21 Å². The Balaban J connectivity index is 2.17. The van der Waals surface area contributed by atoms with Crippen LogP contribution in [0.4, 0.5) is 11.4 Å². The predicted octanol–water partition coefficient (Wildman–Crippen LogP) is 4.52. The van der Waals surface area contributed by atoms with E-state index in [0.717, 1.165) is 10.9 Å². The van der Waals surface area contributed by atoms with E-state index >= 15 is 0 Å². The van der Waals surface area contributed by atoms with Crippen LogP contribution in [0.5, 0.6) is 11.5 Å². The minimum atomic E-state index is -2.44. The summed E-state index contributed by atoms with van der Waals surface area (Å²) in [5.41, 5.74) is 1.22. The first kappa shape index (κ1) is 17.1. The van der Waals surface area contributed by atoms with E-state index in [1.165, 1.54) is 13.2 Å². The second-order valence-electron chi connectivity index (χ2n) is 5.40. The van der Waals surface area contributed by atoms with Crippen LogP contribution < -0.4 is 4.74 Å². The maximum absolute atomic E-state index is 11.4. The minimum absolute atomic E-state index is 0.0513. The molecule has 3 aromatic rings. The molecule has 0 saturated heterocycles. The van der Waals surface area contributed by atoms with E-state index in [4.69, 9.17) is 4.74 Å². The maximum Gasteiger partial charge on any atom is 0.186 e. The molecule has 0 bridgehead atoms. The van der Waals surface area contributed by atoms with E-state index in [1.807, 2.05) is 18.2 Å². The number of hydrogen-bond acceptors (Lipinski definition) is 6. The molecule has 3 rings (SSSR count). The molecule has 0 aromatic heterocycles. The molecule has 0 aliphatic rings. The highest BCUT2D eigenvalue weighted by Crippen LogP contribution is 2.43. The molecule has 3 aromatic carbocycles. The normalized spacial score (nSPS) is 12.6. The average molecular weight is 355 g/mol. The molecule has 0 saturated carbocycles. The number of aryl methyl sites for hydroxylation is 1. The van der Waals surface area contributed by atoms with Crippen molar-refractivity contribution in [1.82, 2.24) is 0 Å². The zero-order valence-corrected chi connectivity index (χ0v) is 14.4. The molecule has 0 radical (unpaired) electrons. The number of phenols is 1. The molecule has 0 spiro atoms. The van der Waals surface area contributed by atoms with Crippen molar-refractivity contribution in [3.8, 4) is 11.5 Å². The van der Waals surface area contributed by atoms with Crippen molar-refractivity contribution in [1.29, 1.82) is 0 Å². The van der Waals surface area contributed by atoms with Crippen LogP contribution >= 0.6 is 0 Å². The van der Waals surface area contributed by atoms with Gasteiger partial charge in [0.05, 0.1) is 12.0 Å². The van der Waals surface area contributed by atoms with E-state index in [1.54, 1.807) is 31.2 Å². The number of phenolic OH excluding ortho intramolecular Hbond substituents is 1. The SMILES string of the molecule is COc1cc2ccccc2c(N=Nc2ccc(C)cc2S(=O)[O-])c1O. The largest absolute Gasteiger partial charge is 0.768 e. The Morgan fingerprint density at radius 3 is 2.60 bits per heavy atom. The van der Waals surface area contributed by atoms with Gasteiger partial charge in [0, 0.05) is 5.39 Å². The van der Waals surface area contributed by atoms with Gasteiger partial charge in [0.15, 0.2) is 11.5 Å². The molecule has 0 amide bonds. The fourth-order valence-electron chi connectivity index (χ4n) is 2.49. The molecule has 0 fully saturated rings. The minimum Gasteiger partial charge on any atom is -0.768 e. The highest BCUT2D eigenvalue weighted by atomic mass is 32.2. The van der Waals surface area contributed by atoms with E-state index in [0.29, 0.717) is 5.39 Å². The highest BCUT2D eigenvalue weighted by Gasteiger charge is 2.13. The van der Waals surface area contributed by atoms with E-state index in [2.05, 4.69) is 10.2 Å². The van der Waals surface area contributed by atoms with Crippen LogP contribution in [0, 0.1) is 6.92 Å².